The second-order valence-corrected chi connectivity index (χ2v) is 10.2. The highest BCUT2D eigenvalue weighted by Gasteiger charge is 2.35. The van der Waals surface area contributed by atoms with Gasteiger partial charge in [-0.05, 0) is 51.8 Å². The molecule has 32 heavy (non-hydrogen) atoms. The maximum atomic E-state index is 13.6. The number of aromatic nitrogens is 2. The van der Waals surface area contributed by atoms with Gasteiger partial charge in [0.25, 0.3) is 11.5 Å². The number of thiocarbonyl (C=S) groups is 1. The SMILES string of the molecule is CC[C@@H](C)N1C(=O)/C(=C/c2c(N3C[C@@H](C)O[C@H](C)C3)nc3c(C)cccn3c2=O)SC1=S. The fraction of sp³-hybridized carbons (Fsp3) is 0.478. The van der Waals surface area contributed by atoms with Crippen LogP contribution in [0.4, 0.5) is 5.82 Å². The van der Waals surface area contributed by atoms with Gasteiger partial charge >= 0.3 is 0 Å². The molecule has 0 unspecified atom stereocenters. The van der Waals surface area contributed by atoms with Gasteiger partial charge in [-0.1, -0.05) is 37.0 Å². The molecule has 0 spiro atoms. The van der Waals surface area contributed by atoms with E-state index in [0.29, 0.717) is 39.3 Å². The first-order valence-corrected chi connectivity index (χ1v) is 12.1. The lowest BCUT2D eigenvalue weighted by molar-refractivity contribution is -0.123. The first-order valence-electron chi connectivity index (χ1n) is 10.9. The maximum absolute atomic E-state index is 13.6. The molecular weight excluding hydrogens is 444 g/mol. The van der Waals surface area contributed by atoms with Crippen LogP contribution in [0.15, 0.2) is 28.0 Å². The predicted octanol–water partition coefficient (Wildman–Crippen LogP) is 3.62. The average Bonchev–Trinajstić information content (AvgIpc) is 3.02. The summed E-state index contributed by atoms with van der Waals surface area (Å²) >= 11 is 6.71. The molecule has 9 heteroatoms. The zero-order valence-corrected chi connectivity index (χ0v) is 20.6. The molecule has 1 amide bonds. The van der Waals surface area contributed by atoms with Crippen molar-refractivity contribution in [2.24, 2.45) is 0 Å². The number of amides is 1. The third-order valence-electron chi connectivity index (χ3n) is 5.91. The molecule has 4 rings (SSSR count). The van der Waals surface area contributed by atoms with Crippen LogP contribution in [0.3, 0.4) is 0 Å². The monoisotopic (exact) mass is 472 g/mol. The minimum absolute atomic E-state index is 0.00675. The summed E-state index contributed by atoms with van der Waals surface area (Å²) in [6.45, 7) is 11.2. The fourth-order valence-corrected chi connectivity index (χ4v) is 5.64. The molecule has 3 atom stereocenters. The van der Waals surface area contributed by atoms with Gasteiger partial charge in [-0.3, -0.25) is 18.9 Å². The molecule has 2 aromatic rings. The van der Waals surface area contributed by atoms with Crippen LogP contribution < -0.4 is 10.5 Å². The number of carbonyl (C=O) groups excluding carboxylic acids is 1. The Bertz CT molecular complexity index is 1170. The van der Waals surface area contributed by atoms with E-state index in [1.54, 1.807) is 21.6 Å². The number of pyridine rings is 1. The third kappa shape index (κ3) is 4.09. The van der Waals surface area contributed by atoms with E-state index in [2.05, 4.69) is 4.90 Å². The summed E-state index contributed by atoms with van der Waals surface area (Å²) in [5.41, 5.74) is 1.73. The molecule has 2 aromatic heterocycles. The Kier molecular flexibility index (Phi) is 6.42. The van der Waals surface area contributed by atoms with Crippen LogP contribution in [-0.2, 0) is 9.53 Å². The Morgan fingerprint density at radius 3 is 2.66 bits per heavy atom. The van der Waals surface area contributed by atoms with E-state index in [-0.39, 0.29) is 29.7 Å². The van der Waals surface area contributed by atoms with Gasteiger partial charge in [0.15, 0.2) is 0 Å². The molecule has 0 aliphatic carbocycles. The van der Waals surface area contributed by atoms with Gasteiger partial charge in [0.1, 0.15) is 15.8 Å². The number of carbonyl (C=O) groups is 1. The molecule has 2 aliphatic rings. The van der Waals surface area contributed by atoms with Crippen molar-refractivity contribution in [1.82, 2.24) is 14.3 Å². The number of rotatable bonds is 4. The van der Waals surface area contributed by atoms with Crippen LogP contribution in [0.2, 0.25) is 0 Å². The van der Waals surface area contributed by atoms with Crippen molar-refractivity contribution in [3.8, 4) is 0 Å². The number of thioether (sulfide) groups is 1. The van der Waals surface area contributed by atoms with Gasteiger partial charge < -0.3 is 9.64 Å². The first-order chi connectivity index (χ1) is 15.2. The van der Waals surface area contributed by atoms with E-state index in [4.69, 9.17) is 21.9 Å². The van der Waals surface area contributed by atoms with Crippen molar-refractivity contribution >= 4 is 51.7 Å². The van der Waals surface area contributed by atoms with Crippen molar-refractivity contribution < 1.29 is 9.53 Å². The van der Waals surface area contributed by atoms with E-state index in [9.17, 15) is 9.59 Å². The highest BCUT2D eigenvalue weighted by molar-refractivity contribution is 8.26. The van der Waals surface area contributed by atoms with Gasteiger partial charge in [0, 0.05) is 25.3 Å². The Hall–Kier alpha value is -2.23. The second kappa shape index (κ2) is 8.96. The fourth-order valence-electron chi connectivity index (χ4n) is 4.19. The van der Waals surface area contributed by atoms with Crippen molar-refractivity contribution in [3.63, 3.8) is 0 Å². The lowest BCUT2D eigenvalue weighted by atomic mass is 10.1. The van der Waals surface area contributed by atoms with E-state index in [0.717, 1.165) is 12.0 Å². The van der Waals surface area contributed by atoms with E-state index in [1.165, 1.54) is 11.8 Å². The lowest BCUT2D eigenvalue weighted by Gasteiger charge is -2.36. The zero-order chi connectivity index (χ0) is 23.2. The molecule has 2 aliphatic heterocycles. The lowest BCUT2D eigenvalue weighted by Crippen LogP contribution is -2.46. The number of ether oxygens (including phenoxy) is 1. The minimum atomic E-state index is -0.200. The molecule has 2 fully saturated rings. The largest absolute Gasteiger partial charge is 0.372 e. The van der Waals surface area contributed by atoms with Crippen molar-refractivity contribution in [3.05, 3.63) is 44.7 Å². The molecule has 0 aromatic carbocycles. The van der Waals surface area contributed by atoms with Gasteiger partial charge in [-0.2, -0.15) is 0 Å². The Labute approximate surface area is 197 Å². The highest BCUT2D eigenvalue weighted by atomic mass is 32.2. The standard InChI is InChI=1S/C23H28N4O3S2/c1-6-14(3)27-22(29)18(32-23(27)31)10-17-20(25-11-15(4)30-16(5)12-25)24-19-13(2)8-7-9-26(19)21(17)28/h7-10,14-16H,6,11-12H2,1-5H3/b18-10-/t14-,15-,16-/m1/s1. The molecule has 4 heterocycles. The second-order valence-electron chi connectivity index (χ2n) is 8.51. The van der Waals surface area contributed by atoms with E-state index in [1.807, 2.05) is 46.8 Å². The Morgan fingerprint density at radius 1 is 1.31 bits per heavy atom. The van der Waals surface area contributed by atoms with Gasteiger partial charge in [-0.25, -0.2) is 4.98 Å². The summed E-state index contributed by atoms with van der Waals surface area (Å²) in [6.07, 6.45) is 4.20. The van der Waals surface area contributed by atoms with Gasteiger partial charge in [0.05, 0.1) is 22.7 Å². The number of aryl methyl sites for hydroxylation is 1. The van der Waals surface area contributed by atoms with Crippen LogP contribution in [0.25, 0.3) is 11.7 Å². The van der Waals surface area contributed by atoms with Crippen LogP contribution in [0, 0.1) is 6.92 Å². The summed E-state index contributed by atoms with van der Waals surface area (Å²) in [7, 11) is 0. The topological polar surface area (TPSA) is 67.2 Å². The number of hydrogen-bond donors (Lipinski definition) is 0. The van der Waals surface area contributed by atoms with Crippen molar-refractivity contribution in [1.29, 1.82) is 0 Å². The summed E-state index contributed by atoms with van der Waals surface area (Å²) in [5, 5.41) is 0. The number of nitrogens with zero attached hydrogens (tertiary/aromatic N) is 4. The first kappa shape index (κ1) is 22.9. The molecule has 0 N–H and O–H groups in total. The smallest absolute Gasteiger partial charge is 0.267 e. The maximum Gasteiger partial charge on any atom is 0.267 e. The van der Waals surface area contributed by atoms with E-state index >= 15 is 0 Å². The number of fused-ring (bicyclic) bond motifs is 1. The zero-order valence-electron chi connectivity index (χ0n) is 19.0. The highest BCUT2D eigenvalue weighted by Crippen LogP contribution is 2.35. The molecular formula is C23H28N4O3S2. The third-order valence-corrected chi connectivity index (χ3v) is 7.24. The van der Waals surface area contributed by atoms with E-state index < -0.39 is 0 Å². The predicted molar refractivity (Wildman–Crippen MR) is 133 cm³/mol. The van der Waals surface area contributed by atoms with Gasteiger partial charge in [0.2, 0.25) is 0 Å². The van der Waals surface area contributed by atoms with Crippen LogP contribution >= 0.6 is 24.0 Å². The average molecular weight is 473 g/mol. The summed E-state index contributed by atoms with van der Waals surface area (Å²) in [4.78, 5) is 35.8. The summed E-state index contributed by atoms with van der Waals surface area (Å²) < 4.78 is 7.96. The summed E-state index contributed by atoms with van der Waals surface area (Å²) in [5.74, 6) is 0.429. The number of anilines is 1. The molecule has 170 valence electrons. The molecule has 0 saturated carbocycles. The van der Waals surface area contributed by atoms with Gasteiger partial charge in [-0.15, -0.1) is 0 Å². The normalized spacial score (nSPS) is 24.1. The molecule has 0 bridgehead atoms. The molecule has 7 nitrogen and oxygen atoms in total. The Morgan fingerprint density at radius 2 is 2.00 bits per heavy atom. The molecule has 0 radical (unpaired) electrons. The van der Waals surface area contributed by atoms with Crippen molar-refractivity contribution in [2.75, 3.05) is 18.0 Å². The number of morpholine rings is 1. The van der Waals surface area contributed by atoms with Crippen LogP contribution in [0.1, 0.15) is 45.2 Å². The molecule has 2 saturated heterocycles. The summed E-state index contributed by atoms with van der Waals surface area (Å²) in [6, 6.07) is 3.77. The quantitative estimate of drug-likeness (QED) is 0.497. The minimum Gasteiger partial charge on any atom is -0.372 e. The number of hydrogen-bond acceptors (Lipinski definition) is 7. The Balaban J connectivity index is 1.89. The van der Waals surface area contributed by atoms with Crippen LogP contribution in [-0.4, -0.2) is 55.9 Å². The van der Waals surface area contributed by atoms with Crippen molar-refractivity contribution in [2.45, 2.75) is 59.3 Å². The van der Waals surface area contributed by atoms with Crippen LogP contribution in [0.5, 0.6) is 0 Å².